The van der Waals surface area contributed by atoms with Gasteiger partial charge in [0.2, 0.25) is 5.91 Å². The lowest BCUT2D eigenvalue weighted by Crippen LogP contribution is -2.15. The normalized spacial score (nSPS) is 11.5. The molecule has 0 heterocycles. The summed E-state index contributed by atoms with van der Waals surface area (Å²) in [5.41, 5.74) is 1.21. The van der Waals surface area contributed by atoms with Gasteiger partial charge < -0.3 is 5.32 Å². The van der Waals surface area contributed by atoms with Crippen LogP contribution in [0.3, 0.4) is 0 Å². The van der Waals surface area contributed by atoms with Gasteiger partial charge in [-0.1, -0.05) is 12.1 Å². The molecular formula is C17H18FNO3S. The van der Waals surface area contributed by atoms with Gasteiger partial charge in [0.25, 0.3) is 0 Å². The fourth-order valence-electron chi connectivity index (χ4n) is 1.99. The van der Waals surface area contributed by atoms with Crippen molar-refractivity contribution in [1.82, 2.24) is 0 Å². The average Bonchev–Trinajstić information content (AvgIpc) is 2.50. The maximum atomic E-state index is 12.8. The van der Waals surface area contributed by atoms with Gasteiger partial charge in [-0.25, -0.2) is 12.8 Å². The van der Waals surface area contributed by atoms with E-state index in [1.165, 1.54) is 36.4 Å². The maximum Gasteiger partial charge on any atom is 0.228 e. The molecule has 0 radical (unpaired) electrons. The molecule has 23 heavy (non-hydrogen) atoms. The van der Waals surface area contributed by atoms with Crippen molar-refractivity contribution in [1.29, 1.82) is 0 Å². The molecule has 1 amide bonds. The number of rotatable bonds is 5. The monoisotopic (exact) mass is 335 g/mol. The molecule has 0 bridgehead atoms. The van der Waals surface area contributed by atoms with Crippen molar-refractivity contribution in [2.45, 2.75) is 30.4 Å². The van der Waals surface area contributed by atoms with Crippen molar-refractivity contribution in [3.63, 3.8) is 0 Å². The Kier molecular flexibility index (Phi) is 5.15. The summed E-state index contributed by atoms with van der Waals surface area (Å²) in [6.07, 6.45) is 0.110. The standard InChI is InChI=1S/C17H18FNO3S/c1-12(2)23(21,22)16-9-3-13(4-10-16)11-17(20)19-15-7-5-14(18)6-8-15/h3-10,12H,11H2,1-2H3,(H,19,20). The predicted octanol–water partition coefficient (Wildman–Crippen LogP) is 3.19. The Morgan fingerprint density at radius 1 is 1.04 bits per heavy atom. The van der Waals surface area contributed by atoms with Crippen LogP contribution < -0.4 is 5.32 Å². The van der Waals surface area contributed by atoms with Crippen LogP contribution in [0.2, 0.25) is 0 Å². The van der Waals surface area contributed by atoms with Gasteiger partial charge in [0.05, 0.1) is 16.6 Å². The Morgan fingerprint density at radius 3 is 2.13 bits per heavy atom. The van der Waals surface area contributed by atoms with Crippen molar-refractivity contribution < 1.29 is 17.6 Å². The van der Waals surface area contributed by atoms with E-state index in [-0.39, 0.29) is 23.0 Å². The Morgan fingerprint density at radius 2 is 1.61 bits per heavy atom. The number of halogens is 1. The Balaban J connectivity index is 2.03. The number of carbonyl (C=O) groups is 1. The SMILES string of the molecule is CC(C)S(=O)(=O)c1ccc(CC(=O)Nc2ccc(F)cc2)cc1. The maximum absolute atomic E-state index is 12.8. The first kappa shape index (κ1) is 17.1. The van der Waals surface area contributed by atoms with Crippen LogP contribution >= 0.6 is 0 Å². The highest BCUT2D eigenvalue weighted by atomic mass is 32.2. The van der Waals surface area contributed by atoms with E-state index >= 15 is 0 Å². The van der Waals surface area contributed by atoms with Crippen molar-refractivity contribution in [3.05, 3.63) is 59.9 Å². The number of amides is 1. The molecule has 2 aromatic carbocycles. The number of anilines is 1. The molecule has 4 nitrogen and oxygen atoms in total. The first-order chi connectivity index (χ1) is 10.8. The second-order valence-corrected chi connectivity index (χ2v) is 7.97. The number of sulfone groups is 1. The molecular weight excluding hydrogens is 317 g/mol. The molecule has 0 atom stereocenters. The van der Waals surface area contributed by atoms with Gasteiger partial charge in [-0.05, 0) is 55.8 Å². The van der Waals surface area contributed by atoms with Crippen LogP contribution in [0.25, 0.3) is 0 Å². The summed E-state index contributed by atoms with van der Waals surface area (Å²) in [4.78, 5) is 12.2. The third-order valence-corrected chi connectivity index (χ3v) is 5.54. The lowest BCUT2D eigenvalue weighted by Gasteiger charge is -2.09. The number of hydrogen-bond donors (Lipinski definition) is 1. The fourth-order valence-corrected chi connectivity index (χ4v) is 3.05. The minimum atomic E-state index is -3.31. The van der Waals surface area contributed by atoms with Gasteiger partial charge in [-0.3, -0.25) is 4.79 Å². The van der Waals surface area contributed by atoms with Crippen molar-refractivity contribution in [2.24, 2.45) is 0 Å². The smallest absolute Gasteiger partial charge is 0.228 e. The van der Waals surface area contributed by atoms with Crippen molar-refractivity contribution >= 4 is 21.4 Å². The number of carbonyl (C=O) groups excluding carboxylic acids is 1. The van der Waals surface area contributed by atoms with E-state index in [9.17, 15) is 17.6 Å². The van der Waals surface area contributed by atoms with E-state index in [0.29, 0.717) is 11.3 Å². The molecule has 0 aliphatic carbocycles. The largest absolute Gasteiger partial charge is 0.326 e. The van der Waals surface area contributed by atoms with Gasteiger partial charge in [0, 0.05) is 5.69 Å². The molecule has 0 aliphatic rings. The minimum absolute atomic E-state index is 0.110. The van der Waals surface area contributed by atoms with E-state index in [1.54, 1.807) is 26.0 Å². The summed E-state index contributed by atoms with van der Waals surface area (Å²) in [6.45, 7) is 3.25. The number of benzene rings is 2. The fraction of sp³-hybridized carbons (Fsp3) is 0.235. The summed E-state index contributed by atoms with van der Waals surface area (Å²) in [7, 11) is -3.31. The van der Waals surface area contributed by atoms with Crippen LogP contribution in [0, 0.1) is 5.82 Å². The summed E-state index contributed by atoms with van der Waals surface area (Å²) in [5, 5.41) is 2.17. The van der Waals surface area contributed by atoms with Crippen LogP contribution in [0.1, 0.15) is 19.4 Å². The Labute approximate surface area is 135 Å². The molecule has 2 aromatic rings. The second kappa shape index (κ2) is 6.91. The summed E-state index contributed by atoms with van der Waals surface area (Å²) in [6, 6.07) is 11.8. The zero-order valence-electron chi connectivity index (χ0n) is 12.9. The first-order valence-electron chi connectivity index (χ1n) is 7.17. The number of nitrogens with one attached hydrogen (secondary N) is 1. The van der Waals surface area contributed by atoms with E-state index in [0.717, 1.165) is 0 Å². The van der Waals surface area contributed by atoms with Gasteiger partial charge >= 0.3 is 0 Å². The molecule has 0 unspecified atom stereocenters. The molecule has 0 saturated carbocycles. The van der Waals surface area contributed by atoms with Gasteiger partial charge in [0.1, 0.15) is 5.82 Å². The second-order valence-electron chi connectivity index (χ2n) is 5.47. The Hall–Kier alpha value is -2.21. The molecule has 0 spiro atoms. The minimum Gasteiger partial charge on any atom is -0.326 e. The molecule has 2 rings (SSSR count). The van der Waals surface area contributed by atoms with Gasteiger partial charge in [0.15, 0.2) is 9.84 Å². The highest BCUT2D eigenvalue weighted by Gasteiger charge is 2.18. The molecule has 0 aliphatic heterocycles. The highest BCUT2D eigenvalue weighted by Crippen LogP contribution is 2.17. The van der Waals surface area contributed by atoms with E-state index in [1.807, 2.05) is 0 Å². The molecule has 0 saturated heterocycles. The molecule has 0 aromatic heterocycles. The topological polar surface area (TPSA) is 63.2 Å². The lowest BCUT2D eigenvalue weighted by molar-refractivity contribution is -0.115. The average molecular weight is 335 g/mol. The van der Waals surface area contributed by atoms with Gasteiger partial charge in [-0.15, -0.1) is 0 Å². The summed E-state index contributed by atoms with van der Waals surface area (Å²) < 4.78 is 36.8. The lowest BCUT2D eigenvalue weighted by atomic mass is 10.1. The van der Waals surface area contributed by atoms with Crippen LogP contribution in [-0.2, 0) is 21.1 Å². The summed E-state index contributed by atoms with van der Waals surface area (Å²) in [5.74, 6) is -0.624. The van der Waals surface area contributed by atoms with Crippen LogP contribution in [-0.4, -0.2) is 19.6 Å². The van der Waals surface area contributed by atoms with E-state index < -0.39 is 15.1 Å². The predicted molar refractivity (Wildman–Crippen MR) is 87.5 cm³/mol. The first-order valence-corrected chi connectivity index (χ1v) is 8.72. The zero-order chi connectivity index (χ0) is 17.0. The van der Waals surface area contributed by atoms with Crippen molar-refractivity contribution in [2.75, 3.05) is 5.32 Å². The van der Waals surface area contributed by atoms with E-state index in [2.05, 4.69) is 5.32 Å². The molecule has 1 N–H and O–H groups in total. The third-order valence-electron chi connectivity index (χ3n) is 3.37. The van der Waals surface area contributed by atoms with Crippen molar-refractivity contribution in [3.8, 4) is 0 Å². The van der Waals surface area contributed by atoms with Crippen LogP contribution in [0.5, 0.6) is 0 Å². The zero-order valence-corrected chi connectivity index (χ0v) is 13.7. The third kappa shape index (κ3) is 4.39. The molecule has 0 fully saturated rings. The summed E-state index contributed by atoms with van der Waals surface area (Å²) >= 11 is 0. The molecule has 122 valence electrons. The van der Waals surface area contributed by atoms with Gasteiger partial charge in [-0.2, -0.15) is 0 Å². The highest BCUT2D eigenvalue weighted by molar-refractivity contribution is 7.92. The Bertz CT molecular complexity index is 782. The number of hydrogen-bond acceptors (Lipinski definition) is 3. The molecule has 6 heteroatoms. The van der Waals surface area contributed by atoms with E-state index in [4.69, 9.17) is 0 Å². The van der Waals surface area contributed by atoms with Crippen LogP contribution in [0.15, 0.2) is 53.4 Å². The van der Waals surface area contributed by atoms with Crippen LogP contribution in [0.4, 0.5) is 10.1 Å². The quantitative estimate of drug-likeness (QED) is 0.913.